The van der Waals surface area contributed by atoms with E-state index in [-0.39, 0.29) is 5.91 Å². The van der Waals surface area contributed by atoms with Crippen molar-refractivity contribution in [3.05, 3.63) is 71.7 Å². The number of nitrogens with zero attached hydrogens (tertiary/aromatic N) is 1. The smallest absolute Gasteiger partial charge is 0.319 e. The predicted molar refractivity (Wildman–Crippen MR) is 91.4 cm³/mol. The Morgan fingerprint density at radius 1 is 1.21 bits per heavy atom. The molecule has 7 heteroatoms. The van der Waals surface area contributed by atoms with Crippen molar-refractivity contribution in [1.29, 1.82) is 0 Å². The van der Waals surface area contributed by atoms with Gasteiger partial charge in [-0.2, -0.15) is 0 Å². The van der Waals surface area contributed by atoms with Gasteiger partial charge < -0.3 is 16.0 Å². The van der Waals surface area contributed by atoms with Crippen LogP contribution in [0.5, 0.6) is 0 Å². The minimum absolute atomic E-state index is 0.317. The van der Waals surface area contributed by atoms with E-state index in [4.69, 9.17) is 11.6 Å². The predicted octanol–water partition coefficient (Wildman–Crippen LogP) is 2.86. The Hall–Kier alpha value is -2.86. The molecule has 2 aromatic rings. The molecule has 1 aliphatic rings. The number of carbonyl (C=O) groups excluding carboxylic acids is 2. The van der Waals surface area contributed by atoms with Crippen molar-refractivity contribution in [3.8, 4) is 0 Å². The van der Waals surface area contributed by atoms with Crippen molar-refractivity contribution >= 4 is 29.2 Å². The molecule has 6 nitrogen and oxygen atoms in total. The molecular formula is C17H15ClN4O2. The molecule has 1 saturated heterocycles. The van der Waals surface area contributed by atoms with E-state index >= 15 is 0 Å². The van der Waals surface area contributed by atoms with Crippen LogP contribution in [0.1, 0.15) is 11.6 Å². The van der Waals surface area contributed by atoms with Crippen molar-refractivity contribution in [2.75, 3.05) is 5.32 Å². The summed E-state index contributed by atoms with van der Waals surface area (Å²) >= 11 is 6.09. The molecule has 0 saturated carbocycles. The summed E-state index contributed by atoms with van der Waals surface area (Å²) in [5.74, 6) is -1.01. The van der Waals surface area contributed by atoms with Crippen LogP contribution < -0.4 is 16.0 Å². The molecule has 0 spiro atoms. The molecule has 0 radical (unpaired) electrons. The van der Waals surface area contributed by atoms with Gasteiger partial charge in [0, 0.05) is 18.1 Å². The average molecular weight is 343 g/mol. The molecule has 24 heavy (non-hydrogen) atoms. The van der Waals surface area contributed by atoms with Gasteiger partial charge in [0.15, 0.2) is 0 Å². The summed E-state index contributed by atoms with van der Waals surface area (Å²) in [7, 11) is 0. The maximum Gasteiger partial charge on any atom is 0.319 e. The number of amides is 3. The van der Waals surface area contributed by atoms with Crippen molar-refractivity contribution in [1.82, 2.24) is 15.6 Å². The molecule has 1 aliphatic heterocycles. The van der Waals surface area contributed by atoms with Crippen LogP contribution >= 0.6 is 11.6 Å². The SMILES string of the molecule is C=C1NC(=O)N[C@H](c2ccncc2)[C@H]1C(=O)Nc1ccccc1Cl. The van der Waals surface area contributed by atoms with Gasteiger partial charge in [-0.1, -0.05) is 30.3 Å². The van der Waals surface area contributed by atoms with Crippen LogP contribution in [-0.2, 0) is 4.79 Å². The molecule has 1 fully saturated rings. The van der Waals surface area contributed by atoms with Crippen molar-refractivity contribution in [2.45, 2.75) is 6.04 Å². The summed E-state index contributed by atoms with van der Waals surface area (Å²) in [6, 6.07) is 9.50. The van der Waals surface area contributed by atoms with Crippen molar-refractivity contribution in [3.63, 3.8) is 0 Å². The van der Waals surface area contributed by atoms with Crippen molar-refractivity contribution in [2.24, 2.45) is 5.92 Å². The number of anilines is 1. The fourth-order valence-corrected chi connectivity index (χ4v) is 2.80. The molecule has 0 aliphatic carbocycles. The molecule has 3 rings (SSSR count). The molecule has 3 amide bonds. The Balaban J connectivity index is 1.90. The van der Waals surface area contributed by atoms with Gasteiger partial charge in [0.05, 0.1) is 16.8 Å². The third-order valence-electron chi connectivity index (χ3n) is 3.75. The first-order valence-electron chi connectivity index (χ1n) is 7.28. The highest BCUT2D eigenvalue weighted by atomic mass is 35.5. The zero-order chi connectivity index (χ0) is 17.1. The summed E-state index contributed by atoms with van der Waals surface area (Å²) in [6.45, 7) is 3.83. The van der Waals surface area contributed by atoms with E-state index in [9.17, 15) is 9.59 Å². The topological polar surface area (TPSA) is 83.1 Å². The lowest BCUT2D eigenvalue weighted by Crippen LogP contribution is -2.51. The largest absolute Gasteiger partial charge is 0.330 e. The van der Waals surface area contributed by atoms with Crippen molar-refractivity contribution < 1.29 is 9.59 Å². The molecule has 2 heterocycles. The van der Waals surface area contributed by atoms with Gasteiger partial charge in [-0.15, -0.1) is 0 Å². The second kappa shape index (κ2) is 6.72. The Bertz CT molecular complexity index is 794. The fraction of sp³-hybridized carbons (Fsp3) is 0.118. The maximum atomic E-state index is 12.8. The molecule has 0 bridgehead atoms. The molecule has 122 valence electrons. The fourth-order valence-electron chi connectivity index (χ4n) is 2.61. The highest BCUT2D eigenvalue weighted by Gasteiger charge is 2.37. The summed E-state index contributed by atoms with van der Waals surface area (Å²) in [6.07, 6.45) is 3.21. The van der Waals surface area contributed by atoms with Crippen LogP contribution in [0, 0.1) is 5.92 Å². The molecule has 2 atom stereocenters. The Labute approximate surface area is 143 Å². The Morgan fingerprint density at radius 2 is 1.92 bits per heavy atom. The van der Waals surface area contributed by atoms with Gasteiger partial charge in [-0.05, 0) is 29.8 Å². The lowest BCUT2D eigenvalue weighted by Gasteiger charge is -2.33. The van der Waals surface area contributed by atoms with E-state index in [0.29, 0.717) is 16.4 Å². The van der Waals surface area contributed by atoms with E-state index in [1.165, 1.54) is 0 Å². The third kappa shape index (κ3) is 3.23. The monoisotopic (exact) mass is 342 g/mol. The number of benzene rings is 1. The Morgan fingerprint density at radius 3 is 2.62 bits per heavy atom. The van der Waals surface area contributed by atoms with Crippen LogP contribution in [0.15, 0.2) is 61.1 Å². The number of halogens is 1. The number of pyridine rings is 1. The maximum absolute atomic E-state index is 12.8. The molecular weight excluding hydrogens is 328 g/mol. The third-order valence-corrected chi connectivity index (χ3v) is 4.08. The summed E-state index contributed by atoms with van der Waals surface area (Å²) in [4.78, 5) is 28.5. The van der Waals surface area contributed by atoms with Crippen LogP contribution in [0.3, 0.4) is 0 Å². The van der Waals surface area contributed by atoms with E-state index in [0.717, 1.165) is 5.56 Å². The molecule has 3 N–H and O–H groups in total. The zero-order valence-corrected chi connectivity index (χ0v) is 13.4. The van der Waals surface area contributed by atoms with Crippen LogP contribution in [0.2, 0.25) is 5.02 Å². The van der Waals surface area contributed by atoms with Gasteiger partial charge in [0.1, 0.15) is 5.92 Å². The number of nitrogens with one attached hydrogen (secondary N) is 3. The summed E-state index contributed by atoms with van der Waals surface area (Å²) in [5, 5.41) is 8.54. The second-order valence-corrected chi connectivity index (χ2v) is 5.74. The minimum atomic E-state index is -0.693. The summed E-state index contributed by atoms with van der Waals surface area (Å²) < 4.78 is 0. The molecule has 1 aromatic carbocycles. The second-order valence-electron chi connectivity index (χ2n) is 5.33. The minimum Gasteiger partial charge on any atom is -0.330 e. The van der Waals surface area contributed by atoms with Gasteiger partial charge >= 0.3 is 6.03 Å². The summed E-state index contributed by atoms with van der Waals surface area (Å²) in [5.41, 5.74) is 1.59. The zero-order valence-electron chi connectivity index (χ0n) is 12.6. The van der Waals surface area contributed by atoms with Gasteiger partial charge in [-0.25, -0.2) is 4.79 Å². The molecule has 1 aromatic heterocycles. The first-order valence-corrected chi connectivity index (χ1v) is 7.65. The van der Waals surface area contributed by atoms with Crippen LogP contribution in [0.25, 0.3) is 0 Å². The van der Waals surface area contributed by atoms with Gasteiger partial charge in [-0.3, -0.25) is 9.78 Å². The first-order chi connectivity index (χ1) is 11.6. The first kappa shape index (κ1) is 16.0. The lowest BCUT2D eigenvalue weighted by atomic mass is 9.88. The van der Waals surface area contributed by atoms with Crippen LogP contribution in [-0.4, -0.2) is 16.9 Å². The van der Waals surface area contributed by atoms with Gasteiger partial charge in [0.2, 0.25) is 5.91 Å². The van der Waals surface area contributed by atoms with Gasteiger partial charge in [0.25, 0.3) is 0 Å². The Kier molecular flexibility index (Phi) is 4.48. The number of para-hydroxylation sites is 1. The number of urea groups is 1. The van der Waals surface area contributed by atoms with E-state index in [1.54, 1.807) is 48.8 Å². The standard InChI is InChI=1S/C17H15ClN4O2/c1-10-14(16(23)21-13-5-3-2-4-12(13)18)15(22-17(24)20-10)11-6-8-19-9-7-11/h2-9,14-15H,1H2,(H,21,23)(H2,20,22,24)/t14-,15+/m0/s1. The van der Waals surface area contributed by atoms with E-state index < -0.39 is 18.0 Å². The quantitative estimate of drug-likeness (QED) is 0.802. The normalized spacial score (nSPS) is 20.0. The van der Waals surface area contributed by atoms with E-state index in [2.05, 4.69) is 27.5 Å². The van der Waals surface area contributed by atoms with Crippen LogP contribution in [0.4, 0.5) is 10.5 Å². The number of hydrogen-bond acceptors (Lipinski definition) is 3. The van der Waals surface area contributed by atoms with E-state index in [1.807, 2.05) is 0 Å². The number of carbonyl (C=O) groups is 2. The number of hydrogen-bond donors (Lipinski definition) is 3. The number of rotatable bonds is 3. The average Bonchev–Trinajstić information content (AvgIpc) is 2.57. The highest BCUT2D eigenvalue weighted by molar-refractivity contribution is 6.33. The highest BCUT2D eigenvalue weighted by Crippen LogP contribution is 2.31. The number of aromatic nitrogens is 1. The molecule has 0 unspecified atom stereocenters. The lowest BCUT2D eigenvalue weighted by molar-refractivity contribution is -0.119.